The van der Waals surface area contributed by atoms with Gasteiger partial charge in [-0.25, -0.2) is 4.79 Å². The van der Waals surface area contributed by atoms with Gasteiger partial charge in [-0.05, 0) is 37.1 Å². The average Bonchev–Trinajstić information content (AvgIpc) is 3.43. The number of carbonyl (C=O) groups excluding carboxylic acids is 2. The maximum Gasteiger partial charge on any atom is 0.343 e. The molecule has 7 nitrogen and oxygen atoms in total. The normalized spacial score (nSPS) is 12.5. The number of benzene rings is 1. The van der Waals surface area contributed by atoms with Crippen molar-refractivity contribution in [2.75, 3.05) is 18.1 Å². The Hall–Kier alpha value is -3.79. The van der Waals surface area contributed by atoms with Gasteiger partial charge in [-0.15, -0.1) is 0 Å². The molecule has 3 aromatic rings. The Balaban J connectivity index is 1.51. The van der Waals surface area contributed by atoms with Gasteiger partial charge in [-0.2, -0.15) is 5.26 Å². The molecule has 140 valence electrons. The lowest BCUT2D eigenvalue weighted by Gasteiger charge is -2.17. The number of rotatable bonds is 4. The molecule has 0 N–H and O–H groups in total. The van der Waals surface area contributed by atoms with Gasteiger partial charge in [0.2, 0.25) is 5.88 Å². The quantitative estimate of drug-likeness (QED) is 0.654. The number of furan rings is 1. The van der Waals surface area contributed by atoms with Crippen molar-refractivity contribution < 1.29 is 18.7 Å². The molecule has 0 fully saturated rings. The molecule has 28 heavy (non-hydrogen) atoms. The summed E-state index contributed by atoms with van der Waals surface area (Å²) in [6.45, 7) is 1.74. The molecule has 0 aliphatic carbocycles. The number of aromatic nitrogens is 1. The van der Waals surface area contributed by atoms with Crippen molar-refractivity contribution >= 4 is 17.6 Å². The third-order valence-electron chi connectivity index (χ3n) is 4.74. The van der Waals surface area contributed by atoms with Crippen molar-refractivity contribution in [2.24, 2.45) is 0 Å². The van der Waals surface area contributed by atoms with Crippen LogP contribution in [0.3, 0.4) is 0 Å². The highest BCUT2D eigenvalue weighted by molar-refractivity contribution is 5.99. The van der Waals surface area contributed by atoms with Gasteiger partial charge in [0.1, 0.15) is 23.0 Å². The summed E-state index contributed by atoms with van der Waals surface area (Å²) in [5.41, 5.74) is 2.06. The summed E-state index contributed by atoms with van der Waals surface area (Å²) in [6, 6.07) is 13.2. The highest BCUT2D eigenvalue weighted by Crippen LogP contribution is 2.28. The fraction of sp³-hybridized carbons (Fsp3) is 0.190. The van der Waals surface area contributed by atoms with E-state index in [0.29, 0.717) is 6.54 Å². The molecule has 0 bridgehead atoms. The van der Waals surface area contributed by atoms with Gasteiger partial charge in [-0.1, -0.05) is 18.2 Å². The number of para-hydroxylation sites is 1. The first-order valence-electron chi connectivity index (χ1n) is 8.82. The van der Waals surface area contributed by atoms with Crippen molar-refractivity contribution in [2.45, 2.75) is 13.3 Å². The largest absolute Gasteiger partial charge is 0.452 e. The summed E-state index contributed by atoms with van der Waals surface area (Å²) in [4.78, 5) is 26.7. The molecule has 1 aliphatic rings. The molecule has 0 radical (unpaired) electrons. The number of nitriles is 1. The molecule has 2 aromatic heterocycles. The van der Waals surface area contributed by atoms with Crippen molar-refractivity contribution in [3.05, 3.63) is 71.2 Å². The van der Waals surface area contributed by atoms with E-state index in [2.05, 4.69) is 0 Å². The Labute approximate surface area is 161 Å². The minimum absolute atomic E-state index is 0.0424. The lowest BCUT2D eigenvalue weighted by Crippen LogP contribution is -2.33. The lowest BCUT2D eigenvalue weighted by atomic mass is 10.1. The van der Waals surface area contributed by atoms with Crippen LogP contribution in [0.5, 0.6) is 0 Å². The topological polar surface area (TPSA) is 88.5 Å². The molecule has 0 atom stereocenters. The zero-order chi connectivity index (χ0) is 19.7. The number of carbonyl (C=O) groups is 2. The fourth-order valence-electron chi connectivity index (χ4n) is 3.41. The molecule has 0 unspecified atom stereocenters. The number of anilines is 1. The summed E-state index contributed by atoms with van der Waals surface area (Å²) >= 11 is 0. The summed E-state index contributed by atoms with van der Waals surface area (Å²) in [5.74, 6) is -0.540. The van der Waals surface area contributed by atoms with E-state index in [4.69, 9.17) is 9.15 Å². The van der Waals surface area contributed by atoms with Gasteiger partial charge in [0.05, 0.1) is 0 Å². The van der Waals surface area contributed by atoms with Crippen LogP contribution in [0, 0.1) is 18.3 Å². The van der Waals surface area contributed by atoms with Gasteiger partial charge in [0, 0.05) is 24.6 Å². The summed E-state index contributed by atoms with van der Waals surface area (Å²) in [7, 11) is 0. The van der Waals surface area contributed by atoms with Crippen LogP contribution in [0.15, 0.2) is 53.2 Å². The molecule has 1 aliphatic heterocycles. The highest BCUT2D eigenvalue weighted by Gasteiger charge is 2.28. The zero-order valence-electron chi connectivity index (χ0n) is 15.2. The van der Waals surface area contributed by atoms with Crippen LogP contribution in [0.2, 0.25) is 0 Å². The second-order valence-electron chi connectivity index (χ2n) is 6.42. The Morgan fingerprint density at radius 1 is 1.21 bits per heavy atom. The smallest absolute Gasteiger partial charge is 0.343 e. The van der Waals surface area contributed by atoms with E-state index in [0.717, 1.165) is 17.7 Å². The van der Waals surface area contributed by atoms with Gasteiger partial charge in [0.15, 0.2) is 6.61 Å². The van der Waals surface area contributed by atoms with E-state index >= 15 is 0 Å². The van der Waals surface area contributed by atoms with Crippen LogP contribution in [0.25, 0.3) is 5.88 Å². The van der Waals surface area contributed by atoms with Crippen LogP contribution in [0.1, 0.15) is 27.2 Å². The molecule has 4 rings (SSSR count). The Kier molecular flexibility index (Phi) is 4.45. The molecule has 1 aromatic carbocycles. The number of ether oxygens (including phenoxy) is 1. The molecule has 1 amide bonds. The SMILES string of the molecule is Cc1oc(-n2cccc2)c(C#N)c1C(=O)OCC(=O)N1CCc2ccccc21. The van der Waals surface area contributed by atoms with Crippen molar-refractivity contribution in [1.82, 2.24) is 4.57 Å². The number of esters is 1. The van der Waals surface area contributed by atoms with Gasteiger partial charge >= 0.3 is 5.97 Å². The predicted octanol–water partition coefficient (Wildman–Crippen LogP) is 3.00. The molecular weight excluding hydrogens is 358 g/mol. The first kappa shape index (κ1) is 17.6. The maximum atomic E-state index is 12.6. The van der Waals surface area contributed by atoms with E-state index in [1.807, 2.05) is 30.3 Å². The third-order valence-corrected chi connectivity index (χ3v) is 4.74. The standard InChI is InChI=1S/C21H17N3O4/c1-14-19(16(12-22)20(28-14)23-9-4-5-10-23)21(26)27-13-18(25)24-11-8-15-6-2-3-7-17(15)24/h2-7,9-10H,8,11,13H2,1H3. The van der Waals surface area contributed by atoms with E-state index in [1.165, 1.54) is 0 Å². The maximum absolute atomic E-state index is 12.6. The van der Waals surface area contributed by atoms with Crippen molar-refractivity contribution in [3.8, 4) is 12.0 Å². The van der Waals surface area contributed by atoms with Gasteiger partial charge in [-0.3, -0.25) is 9.36 Å². The molecule has 0 spiro atoms. The fourth-order valence-corrected chi connectivity index (χ4v) is 3.41. The second kappa shape index (κ2) is 7.08. The first-order chi connectivity index (χ1) is 13.6. The highest BCUT2D eigenvalue weighted by atomic mass is 16.5. The zero-order valence-corrected chi connectivity index (χ0v) is 15.2. The minimum Gasteiger partial charge on any atom is -0.452 e. The molecule has 7 heteroatoms. The minimum atomic E-state index is -0.753. The van der Waals surface area contributed by atoms with Crippen LogP contribution in [-0.4, -0.2) is 29.6 Å². The average molecular weight is 375 g/mol. The van der Waals surface area contributed by atoms with Crippen LogP contribution < -0.4 is 4.90 Å². The van der Waals surface area contributed by atoms with Crippen LogP contribution >= 0.6 is 0 Å². The molecule has 3 heterocycles. The number of nitrogens with zero attached hydrogens (tertiary/aromatic N) is 3. The number of amides is 1. The Morgan fingerprint density at radius 2 is 1.96 bits per heavy atom. The summed E-state index contributed by atoms with van der Waals surface area (Å²) in [6.07, 6.45) is 4.20. The molecule has 0 saturated carbocycles. The number of hydrogen-bond acceptors (Lipinski definition) is 5. The van der Waals surface area contributed by atoms with Gasteiger partial charge in [0.25, 0.3) is 5.91 Å². The second-order valence-corrected chi connectivity index (χ2v) is 6.42. The molecule has 0 saturated heterocycles. The van der Waals surface area contributed by atoms with E-state index < -0.39 is 12.6 Å². The number of aryl methyl sites for hydroxylation is 1. The monoisotopic (exact) mass is 375 g/mol. The van der Waals surface area contributed by atoms with Gasteiger partial charge < -0.3 is 14.1 Å². The Bertz CT molecular complexity index is 1090. The third kappa shape index (κ3) is 2.95. The summed E-state index contributed by atoms with van der Waals surface area (Å²) < 4.78 is 12.4. The lowest BCUT2D eigenvalue weighted by molar-refractivity contribution is -0.121. The first-order valence-corrected chi connectivity index (χ1v) is 8.82. The van der Waals surface area contributed by atoms with Crippen LogP contribution in [0.4, 0.5) is 5.69 Å². The number of fused-ring (bicyclic) bond motifs is 1. The van der Waals surface area contributed by atoms with E-state index in [9.17, 15) is 14.9 Å². The van der Waals surface area contributed by atoms with Crippen molar-refractivity contribution in [3.63, 3.8) is 0 Å². The Morgan fingerprint density at radius 3 is 2.71 bits per heavy atom. The van der Waals surface area contributed by atoms with E-state index in [-0.39, 0.29) is 28.7 Å². The van der Waals surface area contributed by atoms with Crippen molar-refractivity contribution in [1.29, 1.82) is 5.26 Å². The predicted molar refractivity (Wildman–Crippen MR) is 100 cm³/mol. The summed E-state index contributed by atoms with van der Waals surface area (Å²) in [5, 5.41) is 9.51. The number of hydrogen-bond donors (Lipinski definition) is 0. The molecular formula is C21H17N3O4. The van der Waals surface area contributed by atoms with E-state index in [1.54, 1.807) is 40.9 Å². The van der Waals surface area contributed by atoms with Crippen LogP contribution in [-0.2, 0) is 16.0 Å².